The van der Waals surface area contributed by atoms with Crippen LogP contribution in [0.3, 0.4) is 0 Å². The molecule has 51 heavy (non-hydrogen) atoms. The molecule has 3 aromatic carbocycles. The fraction of sp³-hybridized carbons (Fsp3) is 0.450. The zero-order chi connectivity index (χ0) is 35.4. The number of hydrogen-bond acceptors (Lipinski definition) is 6. The van der Waals surface area contributed by atoms with Crippen LogP contribution in [0.15, 0.2) is 78.9 Å². The molecule has 4 aliphatic rings. The van der Waals surface area contributed by atoms with E-state index in [9.17, 15) is 19.2 Å². The number of carbonyl (C=O) groups excluding carboxylic acids is 4. The number of nitrogens with one attached hydrogen (secondary N) is 3. The maximum Gasteiger partial charge on any atom is 0.250 e. The van der Waals surface area contributed by atoms with Gasteiger partial charge in [-0.1, -0.05) is 85.5 Å². The van der Waals surface area contributed by atoms with E-state index in [0.717, 1.165) is 42.5 Å². The van der Waals surface area contributed by atoms with Crippen molar-refractivity contribution in [3.05, 3.63) is 101 Å². The topological polar surface area (TPSA) is 114 Å². The molecule has 268 valence electrons. The molecule has 2 saturated heterocycles. The maximum absolute atomic E-state index is 14.3. The quantitative estimate of drug-likeness (QED) is 0.307. The zero-order valence-corrected chi connectivity index (χ0v) is 29.7. The molecule has 0 bridgehead atoms. The molecule has 0 radical (unpaired) electrons. The lowest BCUT2D eigenvalue weighted by Gasteiger charge is -2.44. The minimum absolute atomic E-state index is 0.0118. The van der Waals surface area contributed by atoms with Crippen molar-refractivity contribution in [2.45, 2.75) is 88.0 Å². The van der Waals surface area contributed by atoms with Gasteiger partial charge in [0.2, 0.25) is 17.7 Å². The first-order chi connectivity index (χ1) is 24.8. The number of fused-ring (bicyclic) bond motifs is 1. The molecule has 7 rings (SSSR count). The highest BCUT2D eigenvalue weighted by Gasteiger charge is 2.54. The summed E-state index contributed by atoms with van der Waals surface area (Å²) in [6.45, 7) is 1.60. The Morgan fingerprint density at radius 1 is 0.882 bits per heavy atom. The van der Waals surface area contributed by atoms with Gasteiger partial charge in [0.05, 0.1) is 12.7 Å². The van der Waals surface area contributed by atoms with E-state index < -0.39 is 17.6 Å². The summed E-state index contributed by atoms with van der Waals surface area (Å²) in [5.74, 6) is -0.588. The van der Waals surface area contributed by atoms with Gasteiger partial charge in [-0.05, 0) is 73.1 Å². The number of hydrogen-bond donors (Lipinski definition) is 3. The van der Waals surface area contributed by atoms with E-state index in [0.29, 0.717) is 57.0 Å². The first-order valence-corrected chi connectivity index (χ1v) is 18.7. The molecule has 0 aromatic heterocycles. The molecule has 0 unspecified atom stereocenters. The lowest BCUT2D eigenvalue weighted by Crippen LogP contribution is -2.60. The number of benzene rings is 3. The Morgan fingerprint density at radius 3 is 2.29 bits per heavy atom. The minimum atomic E-state index is -0.877. The number of amides is 4. The van der Waals surface area contributed by atoms with Crippen LogP contribution in [0, 0.1) is 0 Å². The van der Waals surface area contributed by atoms with Gasteiger partial charge in [-0.3, -0.25) is 19.2 Å². The molecule has 3 fully saturated rings. The van der Waals surface area contributed by atoms with Gasteiger partial charge >= 0.3 is 0 Å². The number of carbonyl (C=O) groups is 4. The third-order valence-corrected chi connectivity index (χ3v) is 11.4. The van der Waals surface area contributed by atoms with Gasteiger partial charge in [0.15, 0.2) is 0 Å². The van der Waals surface area contributed by atoms with Crippen LogP contribution in [0.5, 0.6) is 0 Å². The minimum Gasteiger partial charge on any atom is -0.352 e. The number of rotatable bonds is 9. The van der Waals surface area contributed by atoms with Gasteiger partial charge < -0.3 is 30.7 Å². The molecule has 1 aliphatic carbocycles. The number of piperidine rings is 1. The van der Waals surface area contributed by atoms with Crippen LogP contribution in [-0.4, -0.2) is 83.4 Å². The Balaban J connectivity index is 1.06. The van der Waals surface area contributed by atoms with E-state index in [4.69, 9.17) is 11.6 Å². The standard InChI is InChI=1S/C40H47ClN6O4/c41-31-17-15-28(16-18-31)23-35(44-37(49)34-24-29-9-7-8-10-30(29)25-42-34)38(50)45-21-19-40(20-22-45)39(51)46(27-47(40)33-13-5-2-6-14-33)26-36(48)43-32-11-3-1-4-12-32/h2,5-10,13-18,32,34-35,42H,1,3-4,11-12,19-27H2,(H,43,48)(H,44,49)/t34-,35+/m0/s1. The van der Waals surface area contributed by atoms with E-state index in [-0.39, 0.29) is 36.2 Å². The molecule has 10 nitrogen and oxygen atoms in total. The van der Waals surface area contributed by atoms with Crippen LogP contribution in [-0.2, 0) is 38.6 Å². The summed E-state index contributed by atoms with van der Waals surface area (Å²) in [5.41, 5.74) is 3.22. The van der Waals surface area contributed by atoms with Crippen molar-refractivity contribution in [3.63, 3.8) is 0 Å². The molecule has 2 atom stereocenters. The fourth-order valence-electron chi connectivity index (χ4n) is 8.30. The van der Waals surface area contributed by atoms with E-state index in [1.54, 1.807) is 21.9 Å². The first kappa shape index (κ1) is 35.0. The SMILES string of the molecule is O=C(CN1CN(c2ccccc2)C2(CCN(C(=O)[C@@H](Cc3ccc(Cl)cc3)NC(=O)[C@@H]3Cc4ccccc4CN3)CC2)C1=O)NC1CCCCC1. The van der Waals surface area contributed by atoms with Gasteiger partial charge in [-0.2, -0.15) is 0 Å². The number of anilines is 1. The second kappa shape index (κ2) is 15.5. The van der Waals surface area contributed by atoms with Crippen molar-refractivity contribution in [3.8, 4) is 0 Å². The molecule has 11 heteroatoms. The number of likely N-dealkylation sites (tertiary alicyclic amines) is 1. The van der Waals surface area contributed by atoms with E-state index in [1.165, 1.54) is 12.0 Å². The molecule has 1 spiro atoms. The summed E-state index contributed by atoms with van der Waals surface area (Å²) in [7, 11) is 0. The van der Waals surface area contributed by atoms with Gasteiger partial charge in [-0.15, -0.1) is 0 Å². The molecular formula is C40H47ClN6O4. The monoisotopic (exact) mass is 710 g/mol. The predicted molar refractivity (Wildman–Crippen MR) is 197 cm³/mol. The Hall–Kier alpha value is -4.41. The van der Waals surface area contributed by atoms with Crippen LogP contribution in [0.25, 0.3) is 0 Å². The Bertz CT molecular complexity index is 1720. The van der Waals surface area contributed by atoms with E-state index in [1.807, 2.05) is 60.7 Å². The van der Waals surface area contributed by atoms with Crippen LogP contribution >= 0.6 is 11.6 Å². The summed E-state index contributed by atoms with van der Waals surface area (Å²) in [6, 6.07) is 24.2. The highest BCUT2D eigenvalue weighted by Crippen LogP contribution is 2.39. The van der Waals surface area contributed by atoms with Crippen molar-refractivity contribution in [2.75, 3.05) is 31.2 Å². The van der Waals surface area contributed by atoms with Crippen LogP contribution in [0.2, 0.25) is 5.02 Å². The lowest BCUT2D eigenvalue weighted by atomic mass is 9.85. The summed E-state index contributed by atoms with van der Waals surface area (Å²) in [4.78, 5) is 61.0. The van der Waals surface area contributed by atoms with Crippen LogP contribution < -0.4 is 20.9 Å². The Kier molecular flexibility index (Phi) is 10.6. The second-order valence-corrected chi connectivity index (χ2v) is 14.9. The molecule has 4 amide bonds. The van der Waals surface area contributed by atoms with Crippen molar-refractivity contribution in [1.29, 1.82) is 0 Å². The van der Waals surface area contributed by atoms with Gasteiger partial charge in [-0.25, -0.2) is 0 Å². The molecule has 3 N–H and O–H groups in total. The smallest absolute Gasteiger partial charge is 0.250 e. The second-order valence-electron chi connectivity index (χ2n) is 14.5. The van der Waals surface area contributed by atoms with Crippen molar-refractivity contribution in [1.82, 2.24) is 25.8 Å². The Labute approximate surface area is 304 Å². The Morgan fingerprint density at radius 2 is 1.57 bits per heavy atom. The first-order valence-electron chi connectivity index (χ1n) is 18.3. The van der Waals surface area contributed by atoms with E-state index >= 15 is 0 Å². The predicted octanol–water partition coefficient (Wildman–Crippen LogP) is 4.20. The van der Waals surface area contributed by atoms with Crippen molar-refractivity contribution in [2.24, 2.45) is 0 Å². The lowest BCUT2D eigenvalue weighted by molar-refractivity contribution is -0.141. The van der Waals surface area contributed by atoms with Crippen LogP contribution in [0.1, 0.15) is 61.6 Å². The summed E-state index contributed by atoms with van der Waals surface area (Å²) in [5, 5.41) is 10.2. The normalized spacial score (nSPS) is 20.9. The summed E-state index contributed by atoms with van der Waals surface area (Å²) >= 11 is 6.16. The molecule has 3 aliphatic heterocycles. The third-order valence-electron chi connectivity index (χ3n) is 11.2. The number of para-hydroxylation sites is 1. The molecular weight excluding hydrogens is 664 g/mol. The largest absolute Gasteiger partial charge is 0.352 e. The highest BCUT2D eigenvalue weighted by molar-refractivity contribution is 6.30. The van der Waals surface area contributed by atoms with Crippen molar-refractivity contribution < 1.29 is 19.2 Å². The third kappa shape index (κ3) is 7.77. The average Bonchev–Trinajstić information content (AvgIpc) is 3.41. The average molecular weight is 711 g/mol. The highest BCUT2D eigenvalue weighted by atomic mass is 35.5. The summed E-state index contributed by atoms with van der Waals surface area (Å²) in [6.07, 6.45) is 7.07. The number of nitrogens with zero attached hydrogens (tertiary/aromatic N) is 3. The van der Waals surface area contributed by atoms with E-state index in [2.05, 4.69) is 26.9 Å². The number of halogens is 1. The van der Waals surface area contributed by atoms with Gasteiger partial charge in [0.25, 0.3) is 5.91 Å². The molecule has 3 heterocycles. The molecule has 1 saturated carbocycles. The van der Waals surface area contributed by atoms with Gasteiger partial charge in [0, 0.05) is 42.8 Å². The summed E-state index contributed by atoms with van der Waals surface area (Å²) < 4.78 is 0. The maximum atomic E-state index is 14.3. The van der Waals surface area contributed by atoms with Crippen molar-refractivity contribution >= 4 is 40.9 Å². The molecule has 3 aromatic rings. The fourth-order valence-corrected chi connectivity index (χ4v) is 8.43. The van der Waals surface area contributed by atoms with Crippen LogP contribution in [0.4, 0.5) is 5.69 Å². The zero-order valence-electron chi connectivity index (χ0n) is 29.0. The van der Waals surface area contributed by atoms with Gasteiger partial charge in [0.1, 0.15) is 18.1 Å².